The highest BCUT2D eigenvalue weighted by atomic mass is 127. The minimum Gasteiger partial charge on any atom is -0.493 e. The third-order valence-corrected chi connectivity index (χ3v) is 4.04. The summed E-state index contributed by atoms with van der Waals surface area (Å²) in [4.78, 5) is 4.31. The SMILES string of the molecule is CN=C(NCc1cccc(OCCCOC)c1)NC1CCCC1.I. The van der Waals surface area contributed by atoms with Crippen molar-refractivity contribution in [3.8, 4) is 5.75 Å². The van der Waals surface area contributed by atoms with E-state index in [9.17, 15) is 0 Å². The van der Waals surface area contributed by atoms with Crippen LogP contribution in [0.3, 0.4) is 0 Å². The maximum absolute atomic E-state index is 5.74. The Hall–Kier alpha value is -1.02. The summed E-state index contributed by atoms with van der Waals surface area (Å²) in [6.45, 7) is 2.14. The van der Waals surface area contributed by atoms with Gasteiger partial charge in [0.05, 0.1) is 6.61 Å². The summed E-state index contributed by atoms with van der Waals surface area (Å²) in [7, 11) is 3.53. The van der Waals surface area contributed by atoms with Crippen LogP contribution in [0.2, 0.25) is 0 Å². The van der Waals surface area contributed by atoms with Crippen molar-refractivity contribution in [3.63, 3.8) is 0 Å². The van der Waals surface area contributed by atoms with Gasteiger partial charge < -0.3 is 20.1 Å². The molecule has 6 heteroatoms. The van der Waals surface area contributed by atoms with Gasteiger partial charge in [0.2, 0.25) is 0 Å². The first-order valence-corrected chi connectivity index (χ1v) is 8.49. The van der Waals surface area contributed by atoms with E-state index in [-0.39, 0.29) is 24.0 Å². The Morgan fingerprint density at radius 2 is 2.04 bits per heavy atom. The molecule has 2 N–H and O–H groups in total. The Morgan fingerprint density at radius 3 is 2.75 bits per heavy atom. The highest BCUT2D eigenvalue weighted by molar-refractivity contribution is 14.0. The minimum absolute atomic E-state index is 0. The van der Waals surface area contributed by atoms with Gasteiger partial charge in [-0.05, 0) is 30.5 Å². The molecule has 1 fully saturated rings. The summed E-state index contributed by atoms with van der Waals surface area (Å²) < 4.78 is 10.8. The number of methoxy groups -OCH3 is 1. The number of guanidine groups is 1. The first-order valence-electron chi connectivity index (χ1n) is 8.49. The molecule has 0 heterocycles. The van der Waals surface area contributed by atoms with E-state index < -0.39 is 0 Å². The number of aliphatic imine (C=N–C) groups is 1. The lowest BCUT2D eigenvalue weighted by Gasteiger charge is -2.17. The Kier molecular flexibility index (Phi) is 10.8. The lowest BCUT2D eigenvalue weighted by atomic mass is 10.2. The summed E-state index contributed by atoms with van der Waals surface area (Å²) >= 11 is 0. The van der Waals surface area contributed by atoms with Gasteiger partial charge in [-0.15, -0.1) is 24.0 Å². The molecular formula is C18H30IN3O2. The molecular weight excluding hydrogens is 417 g/mol. The number of rotatable bonds is 8. The number of nitrogens with zero attached hydrogens (tertiary/aromatic N) is 1. The molecule has 5 nitrogen and oxygen atoms in total. The molecule has 0 amide bonds. The maximum Gasteiger partial charge on any atom is 0.191 e. The Labute approximate surface area is 162 Å². The molecule has 0 bridgehead atoms. The number of halogens is 1. The number of nitrogens with one attached hydrogen (secondary N) is 2. The molecule has 1 aromatic carbocycles. The zero-order chi connectivity index (χ0) is 16.3. The second kappa shape index (κ2) is 12.4. The van der Waals surface area contributed by atoms with E-state index in [4.69, 9.17) is 9.47 Å². The number of hydrogen-bond acceptors (Lipinski definition) is 3. The molecule has 0 unspecified atom stereocenters. The third kappa shape index (κ3) is 7.70. The van der Waals surface area contributed by atoms with Crippen LogP contribution in [-0.2, 0) is 11.3 Å². The zero-order valence-corrected chi connectivity index (χ0v) is 17.0. The van der Waals surface area contributed by atoms with Crippen molar-refractivity contribution in [2.75, 3.05) is 27.4 Å². The van der Waals surface area contributed by atoms with Crippen molar-refractivity contribution in [1.82, 2.24) is 10.6 Å². The third-order valence-electron chi connectivity index (χ3n) is 4.04. The van der Waals surface area contributed by atoms with Gasteiger partial charge >= 0.3 is 0 Å². The molecule has 0 radical (unpaired) electrons. The average molecular weight is 447 g/mol. The summed E-state index contributed by atoms with van der Waals surface area (Å²) in [6.07, 6.45) is 6.02. The van der Waals surface area contributed by atoms with Crippen LogP contribution in [0.15, 0.2) is 29.3 Å². The van der Waals surface area contributed by atoms with E-state index in [0.717, 1.165) is 31.3 Å². The molecule has 0 aliphatic heterocycles. The van der Waals surface area contributed by atoms with E-state index in [1.807, 2.05) is 19.2 Å². The van der Waals surface area contributed by atoms with Gasteiger partial charge in [0.25, 0.3) is 0 Å². The van der Waals surface area contributed by atoms with Gasteiger partial charge in [-0.25, -0.2) is 0 Å². The van der Waals surface area contributed by atoms with Gasteiger partial charge in [-0.2, -0.15) is 0 Å². The van der Waals surface area contributed by atoms with Gasteiger partial charge in [0.1, 0.15) is 5.75 Å². The molecule has 1 saturated carbocycles. The van der Waals surface area contributed by atoms with Gasteiger partial charge in [-0.3, -0.25) is 4.99 Å². The Balaban J connectivity index is 0.00000288. The van der Waals surface area contributed by atoms with Crippen molar-refractivity contribution < 1.29 is 9.47 Å². The molecule has 0 spiro atoms. The van der Waals surface area contributed by atoms with Crippen LogP contribution in [0.5, 0.6) is 5.75 Å². The van der Waals surface area contributed by atoms with Gasteiger partial charge in [-0.1, -0.05) is 25.0 Å². The molecule has 1 aromatic rings. The van der Waals surface area contributed by atoms with Crippen molar-refractivity contribution in [3.05, 3.63) is 29.8 Å². The first-order chi connectivity index (χ1) is 11.3. The highest BCUT2D eigenvalue weighted by Crippen LogP contribution is 2.17. The van der Waals surface area contributed by atoms with E-state index in [2.05, 4.69) is 27.8 Å². The average Bonchev–Trinajstić information content (AvgIpc) is 3.09. The number of hydrogen-bond donors (Lipinski definition) is 2. The fourth-order valence-electron chi connectivity index (χ4n) is 2.78. The van der Waals surface area contributed by atoms with Crippen LogP contribution in [0.25, 0.3) is 0 Å². The summed E-state index contributed by atoms with van der Waals surface area (Å²) in [5.41, 5.74) is 1.18. The van der Waals surface area contributed by atoms with Crippen LogP contribution >= 0.6 is 24.0 Å². The summed E-state index contributed by atoms with van der Waals surface area (Å²) in [6, 6.07) is 8.75. The van der Waals surface area contributed by atoms with Crippen molar-refractivity contribution in [2.24, 2.45) is 4.99 Å². The van der Waals surface area contributed by atoms with E-state index >= 15 is 0 Å². The molecule has 1 aliphatic rings. The summed E-state index contributed by atoms with van der Waals surface area (Å²) in [5.74, 6) is 1.78. The monoisotopic (exact) mass is 447 g/mol. The Bertz CT molecular complexity index is 491. The number of ether oxygens (including phenoxy) is 2. The second-order valence-corrected chi connectivity index (χ2v) is 5.89. The van der Waals surface area contributed by atoms with Gasteiger partial charge in [0.15, 0.2) is 5.96 Å². The largest absolute Gasteiger partial charge is 0.493 e. The molecule has 0 atom stereocenters. The smallest absolute Gasteiger partial charge is 0.191 e. The maximum atomic E-state index is 5.74. The fourth-order valence-corrected chi connectivity index (χ4v) is 2.78. The summed E-state index contributed by atoms with van der Waals surface area (Å²) in [5, 5.41) is 6.87. The molecule has 136 valence electrons. The Morgan fingerprint density at radius 1 is 1.25 bits per heavy atom. The van der Waals surface area contributed by atoms with Crippen molar-refractivity contribution in [2.45, 2.75) is 44.7 Å². The molecule has 24 heavy (non-hydrogen) atoms. The molecule has 0 saturated heterocycles. The highest BCUT2D eigenvalue weighted by Gasteiger charge is 2.15. The topological polar surface area (TPSA) is 54.9 Å². The quantitative estimate of drug-likeness (QED) is 0.278. The van der Waals surface area contributed by atoms with Crippen LogP contribution in [0.1, 0.15) is 37.7 Å². The predicted molar refractivity (Wildman–Crippen MR) is 109 cm³/mol. The zero-order valence-electron chi connectivity index (χ0n) is 14.7. The second-order valence-electron chi connectivity index (χ2n) is 5.89. The minimum atomic E-state index is 0. The predicted octanol–water partition coefficient (Wildman–Crippen LogP) is 3.33. The first kappa shape index (κ1) is 21.0. The van der Waals surface area contributed by atoms with Crippen LogP contribution in [0.4, 0.5) is 0 Å². The van der Waals surface area contributed by atoms with E-state index in [1.165, 1.54) is 31.2 Å². The fraction of sp³-hybridized carbons (Fsp3) is 0.611. The van der Waals surface area contributed by atoms with Crippen LogP contribution in [0, 0.1) is 0 Å². The molecule has 2 rings (SSSR count). The van der Waals surface area contributed by atoms with Crippen molar-refractivity contribution >= 4 is 29.9 Å². The standard InChI is InChI=1S/C18H29N3O2.HI/c1-19-18(21-16-8-3-4-9-16)20-14-15-7-5-10-17(13-15)23-12-6-11-22-2;/h5,7,10,13,16H,3-4,6,8-9,11-12,14H2,1-2H3,(H2,19,20,21);1H. The normalized spacial score (nSPS) is 15.0. The van der Waals surface area contributed by atoms with Gasteiger partial charge in [0, 0.05) is 39.8 Å². The lowest BCUT2D eigenvalue weighted by Crippen LogP contribution is -2.41. The lowest BCUT2D eigenvalue weighted by molar-refractivity contribution is 0.172. The van der Waals surface area contributed by atoms with E-state index in [1.54, 1.807) is 7.11 Å². The molecule has 1 aliphatic carbocycles. The molecule has 0 aromatic heterocycles. The van der Waals surface area contributed by atoms with Crippen LogP contribution in [-0.4, -0.2) is 39.4 Å². The number of benzene rings is 1. The van der Waals surface area contributed by atoms with Crippen molar-refractivity contribution in [1.29, 1.82) is 0 Å². The van der Waals surface area contributed by atoms with E-state index in [0.29, 0.717) is 12.6 Å². The van der Waals surface area contributed by atoms with Crippen LogP contribution < -0.4 is 15.4 Å².